The molecule has 1 saturated heterocycles. The van der Waals surface area contributed by atoms with E-state index < -0.39 is 5.60 Å². The average molecular weight is 426 g/mol. The lowest BCUT2D eigenvalue weighted by atomic mass is 9.85. The number of carbonyl (C=O) groups excluding carboxylic acids is 1. The fourth-order valence-electron chi connectivity index (χ4n) is 4.85. The zero-order valence-electron chi connectivity index (χ0n) is 18.8. The van der Waals surface area contributed by atoms with Gasteiger partial charge in [0.25, 0.3) is 5.91 Å². The molecule has 2 aliphatic rings. The molecule has 0 atom stereocenters. The number of aromatic nitrogens is 1. The van der Waals surface area contributed by atoms with Crippen LogP contribution in [0.15, 0.2) is 60.7 Å². The first-order valence-electron chi connectivity index (χ1n) is 11.1. The molecule has 1 spiro atoms. The van der Waals surface area contributed by atoms with Gasteiger partial charge in [-0.2, -0.15) is 5.26 Å². The summed E-state index contributed by atoms with van der Waals surface area (Å²) in [6, 6.07) is 22.0. The summed E-state index contributed by atoms with van der Waals surface area (Å²) in [4.78, 5) is 15.1. The summed E-state index contributed by atoms with van der Waals surface area (Å²) in [6.07, 6.45) is 1.37. The third-order valence-corrected chi connectivity index (χ3v) is 6.73. The number of piperidine rings is 1. The zero-order chi connectivity index (χ0) is 22.5. The number of amides is 1. The van der Waals surface area contributed by atoms with Crippen molar-refractivity contribution in [2.24, 2.45) is 0 Å². The van der Waals surface area contributed by atoms with Gasteiger partial charge < -0.3 is 9.64 Å². The average Bonchev–Trinajstić information content (AvgIpc) is 3.24. The third kappa shape index (κ3) is 3.18. The first-order valence-corrected chi connectivity index (χ1v) is 11.1. The van der Waals surface area contributed by atoms with Crippen molar-refractivity contribution in [1.29, 1.82) is 5.26 Å². The fraction of sp³-hybridized carbons (Fsp3) is 0.333. The lowest BCUT2D eigenvalue weighted by molar-refractivity contribution is -0.00937. The maximum absolute atomic E-state index is 13.2. The minimum atomic E-state index is -0.531. The second kappa shape index (κ2) is 7.27. The molecule has 0 radical (unpaired) electrons. The molecule has 1 amide bonds. The minimum absolute atomic E-state index is 0.0598. The highest BCUT2D eigenvalue weighted by molar-refractivity contribution is 5.94. The van der Waals surface area contributed by atoms with Crippen LogP contribution < -0.4 is 4.74 Å². The molecule has 0 saturated carbocycles. The Balaban J connectivity index is 1.39. The third-order valence-electron chi connectivity index (χ3n) is 6.73. The molecule has 3 aromatic rings. The van der Waals surface area contributed by atoms with E-state index >= 15 is 0 Å². The fourth-order valence-corrected chi connectivity index (χ4v) is 4.85. The molecule has 0 unspecified atom stereocenters. The number of para-hydroxylation sites is 2. The largest absolute Gasteiger partial charge is 0.479 e. The molecule has 1 aromatic heterocycles. The number of ether oxygens (including phenoxy) is 1. The van der Waals surface area contributed by atoms with Crippen LogP contribution in [0.3, 0.4) is 0 Å². The molecule has 2 aromatic carbocycles. The SMILES string of the molecule is CC(C)(C)c1ccc(C(=O)N2CCC3(CC2)Oc2ccccc2-n2c(C#N)ccc23)cc1. The Hall–Kier alpha value is -3.52. The zero-order valence-corrected chi connectivity index (χ0v) is 18.8. The van der Waals surface area contributed by atoms with Crippen molar-refractivity contribution in [3.63, 3.8) is 0 Å². The van der Waals surface area contributed by atoms with Gasteiger partial charge in [-0.3, -0.25) is 9.36 Å². The summed E-state index contributed by atoms with van der Waals surface area (Å²) in [5.74, 6) is 0.842. The van der Waals surface area contributed by atoms with Gasteiger partial charge in [0.15, 0.2) is 5.60 Å². The lowest BCUT2D eigenvalue weighted by Crippen LogP contribution is -2.50. The van der Waals surface area contributed by atoms with Gasteiger partial charge in [-0.05, 0) is 47.4 Å². The van der Waals surface area contributed by atoms with Crippen LogP contribution in [0.5, 0.6) is 5.75 Å². The number of fused-ring (bicyclic) bond motifs is 4. The van der Waals surface area contributed by atoms with Crippen LogP contribution >= 0.6 is 0 Å². The molecule has 0 aliphatic carbocycles. The van der Waals surface area contributed by atoms with Crippen LogP contribution in [0, 0.1) is 11.3 Å². The molecule has 1 fully saturated rings. The highest BCUT2D eigenvalue weighted by Gasteiger charge is 2.45. The van der Waals surface area contributed by atoms with E-state index in [9.17, 15) is 10.1 Å². The summed E-state index contributed by atoms with van der Waals surface area (Å²) in [5, 5.41) is 9.64. The number of hydrogen-bond donors (Lipinski definition) is 0. The van der Waals surface area contributed by atoms with E-state index in [0.29, 0.717) is 31.6 Å². The van der Waals surface area contributed by atoms with Crippen LogP contribution in [0.25, 0.3) is 5.69 Å². The van der Waals surface area contributed by atoms with Gasteiger partial charge in [0.1, 0.15) is 17.5 Å². The van der Waals surface area contributed by atoms with Crippen molar-refractivity contribution in [2.75, 3.05) is 13.1 Å². The molecule has 162 valence electrons. The van der Waals surface area contributed by atoms with Crippen LogP contribution in [-0.4, -0.2) is 28.5 Å². The summed E-state index contributed by atoms with van der Waals surface area (Å²) in [7, 11) is 0. The maximum atomic E-state index is 13.2. The van der Waals surface area contributed by atoms with E-state index in [4.69, 9.17) is 4.74 Å². The smallest absolute Gasteiger partial charge is 0.253 e. The quantitative estimate of drug-likeness (QED) is 0.540. The second-order valence-corrected chi connectivity index (χ2v) is 9.73. The van der Waals surface area contributed by atoms with Crippen molar-refractivity contribution in [3.05, 3.63) is 83.2 Å². The molecular formula is C27H27N3O2. The standard InChI is InChI=1S/C27H27N3O2/c1-26(2,3)20-10-8-19(9-11-20)25(31)29-16-14-27(15-17-29)24-13-12-21(18-28)30(24)22-6-4-5-7-23(22)32-27/h4-13H,14-17H2,1-3H3. The van der Waals surface area contributed by atoms with Crippen LogP contribution in [0.2, 0.25) is 0 Å². The van der Waals surface area contributed by atoms with Gasteiger partial charge in [-0.1, -0.05) is 45.0 Å². The van der Waals surface area contributed by atoms with Crippen LogP contribution in [0.1, 0.15) is 60.9 Å². The number of nitrogens with zero attached hydrogens (tertiary/aromatic N) is 3. The Kier molecular flexibility index (Phi) is 4.63. The highest BCUT2D eigenvalue weighted by atomic mass is 16.5. The topological polar surface area (TPSA) is 58.3 Å². The molecule has 3 heterocycles. The molecular weight excluding hydrogens is 398 g/mol. The van der Waals surface area contributed by atoms with Crippen molar-refractivity contribution < 1.29 is 9.53 Å². The molecule has 0 N–H and O–H groups in total. The van der Waals surface area contributed by atoms with Gasteiger partial charge in [0, 0.05) is 31.5 Å². The van der Waals surface area contributed by atoms with E-state index in [-0.39, 0.29) is 11.3 Å². The van der Waals surface area contributed by atoms with Crippen molar-refractivity contribution in [1.82, 2.24) is 9.47 Å². The van der Waals surface area contributed by atoms with Crippen molar-refractivity contribution >= 4 is 5.91 Å². The van der Waals surface area contributed by atoms with Crippen LogP contribution in [0.4, 0.5) is 0 Å². The summed E-state index contributed by atoms with van der Waals surface area (Å²) >= 11 is 0. The molecule has 2 aliphatic heterocycles. The number of benzene rings is 2. The minimum Gasteiger partial charge on any atom is -0.479 e. The van der Waals surface area contributed by atoms with Crippen molar-refractivity contribution in [2.45, 2.75) is 44.6 Å². The monoisotopic (exact) mass is 425 g/mol. The molecule has 5 rings (SSSR count). The number of hydrogen-bond acceptors (Lipinski definition) is 3. The van der Waals surface area contributed by atoms with E-state index in [2.05, 4.69) is 39.0 Å². The highest BCUT2D eigenvalue weighted by Crippen LogP contribution is 2.45. The van der Waals surface area contributed by atoms with Crippen molar-refractivity contribution in [3.8, 4) is 17.5 Å². The van der Waals surface area contributed by atoms with E-state index in [1.807, 2.05) is 58.0 Å². The first-order chi connectivity index (χ1) is 15.3. The summed E-state index contributed by atoms with van der Waals surface area (Å²) in [5.41, 5.74) is 3.96. The first kappa shape index (κ1) is 20.4. The van der Waals surface area contributed by atoms with Gasteiger partial charge >= 0.3 is 0 Å². The van der Waals surface area contributed by atoms with E-state index in [0.717, 1.165) is 22.7 Å². The predicted molar refractivity (Wildman–Crippen MR) is 123 cm³/mol. The molecule has 0 bridgehead atoms. The molecule has 5 heteroatoms. The summed E-state index contributed by atoms with van der Waals surface area (Å²) < 4.78 is 8.58. The van der Waals surface area contributed by atoms with Gasteiger partial charge in [-0.25, -0.2) is 0 Å². The second-order valence-electron chi connectivity index (χ2n) is 9.73. The Bertz CT molecular complexity index is 1220. The van der Waals surface area contributed by atoms with Crippen LogP contribution in [-0.2, 0) is 11.0 Å². The Labute approximate surface area is 188 Å². The van der Waals surface area contributed by atoms with Gasteiger partial charge in [0.05, 0.1) is 11.4 Å². The number of rotatable bonds is 1. The number of nitriles is 1. The summed E-state index contributed by atoms with van der Waals surface area (Å²) in [6.45, 7) is 7.72. The number of likely N-dealkylation sites (tertiary alicyclic amines) is 1. The van der Waals surface area contributed by atoms with Gasteiger partial charge in [-0.15, -0.1) is 0 Å². The molecule has 32 heavy (non-hydrogen) atoms. The number of carbonyl (C=O) groups is 1. The Morgan fingerprint density at radius 1 is 1.00 bits per heavy atom. The maximum Gasteiger partial charge on any atom is 0.253 e. The van der Waals surface area contributed by atoms with E-state index in [1.165, 1.54) is 5.56 Å². The van der Waals surface area contributed by atoms with Gasteiger partial charge in [0.2, 0.25) is 0 Å². The molecule has 5 nitrogen and oxygen atoms in total. The predicted octanol–water partition coefficient (Wildman–Crippen LogP) is 5.17. The Morgan fingerprint density at radius 2 is 1.69 bits per heavy atom. The van der Waals surface area contributed by atoms with E-state index in [1.54, 1.807) is 0 Å². The lowest BCUT2D eigenvalue weighted by Gasteiger charge is -2.45. The Morgan fingerprint density at radius 3 is 2.34 bits per heavy atom. The normalized spacial score (nSPS) is 16.6.